The second-order valence-corrected chi connectivity index (χ2v) is 4.86. The summed E-state index contributed by atoms with van der Waals surface area (Å²) in [6, 6.07) is 9.44. The summed E-state index contributed by atoms with van der Waals surface area (Å²) in [5.74, 6) is 0.424. The molecule has 0 amide bonds. The van der Waals surface area contributed by atoms with Crippen LogP contribution in [-0.4, -0.2) is 24.4 Å². The van der Waals surface area contributed by atoms with Gasteiger partial charge in [-0.1, -0.05) is 44.2 Å². The first-order valence-electron chi connectivity index (χ1n) is 6.09. The first kappa shape index (κ1) is 14.2. The molecule has 3 nitrogen and oxygen atoms in total. The van der Waals surface area contributed by atoms with E-state index in [0.29, 0.717) is 5.92 Å². The fraction of sp³-hybridized carbons (Fsp3) is 0.571. The van der Waals surface area contributed by atoms with Crippen molar-refractivity contribution in [1.29, 1.82) is 0 Å². The van der Waals surface area contributed by atoms with E-state index in [1.54, 1.807) is 0 Å². The highest BCUT2D eigenvalue weighted by Gasteiger charge is 2.28. The minimum Gasteiger partial charge on any atom is -0.381 e. The van der Waals surface area contributed by atoms with Crippen molar-refractivity contribution in [1.82, 2.24) is 0 Å². The van der Waals surface area contributed by atoms with Crippen LogP contribution in [0.5, 0.6) is 0 Å². The summed E-state index contributed by atoms with van der Waals surface area (Å²) in [5, 5.41) is 10.5. The Balaban J connectivity index is 2.70. The number of benzene rings is 1. The van der Waals surface area contributed by atoms with Crippen molar-refractivity contribution in [2.45, 2.75) is 32.5 Å². The molecule has 3 N–H and O–H groups in total. The van der Waals surface area contributed by atoms with Gasteiger partial charge < -0.3 is 15.6 Å². The standard InChI is InChI=1S/C14H23NO2/c1-11(2)12(3)17-10-14(16,9-15)13-7-5-4-6-8-13/h4-8,11-12,16H,9-10,15H2,1-3H3. The average molecular weight is 237 g/mol. The van der Waals surface area contributed by atoms with Gasteiger partial charge in [0.2, 0.25) is 0 Å². The van der Waals surface area contributed by atoms with Gasteiger partial charge in [-0.2, -0.15) is 0 Å². The Morgan fingerprint density at radius 2 is 1.82 bits per heavy atom. The van der Waals surface area contributed by atoms with Gasteiger partial charge in [0.1, 0.15) is 5.60 Å². The van der Waals surface area contributed by atoms with Crippen molar-refractivity contribution in [3.63, 3.8) is 0 Å². The molecule has 3 heteroatoms. The summed E-state index contributed by atoms with van der Waals surface area (Å²) < 4.78 is 5.68. The first-order chi connectivity index (χ1) is 7.99. The largest absolute Gasteiger partial charge is 0.381 e. The maximum atomic E-state index is 10.5. The zero-order chi connectivity index (χ0) is 12.9. The Morgan fingerprint density at radius 1 is 1.24 bits per heavy atom. The SMILES string of the molecule is CC(C)C(C)OCC(O)(CN)c1ccccc1. The maximum absolute atomic E-state index is 10.5. The monoisotopic (exact) mass is 237 g/mol. The molecule has 1 aromatic rings. The zero-order valence-corrected chi connectivity index (χ0v) is 10.9. The molecule has 0 heterocycles. The minimum atomic E-state index is -1.09. The average Bonchev–Trinajstić information content (AvgIpc) is 2.36. The Bertz CT molecular complexity index is 326. The van der Waals surface area contributed by atoms with Crippen LogP contribution in [0.15, 0.2) is 30.3 Å². The third-order valence-corrected chi connectivity index (χ3v) is 3.17. The summed E-state index contributed by atoms with van der Waals surface area (Å²) in [7, 11) is 0. The second-order valence-electron chi connectivity index (χ2n) is 4.86. The van der Waals surface area contributed by atoms with Gasteiger partial charge in [-0.3, -0.25) is 0 Å². The van der Waals surface area contributed by atoms with E-state index in [9.17, 15) is 5.11 Å². The normalized spacial score (nSPS) is 16.8. The zero-order valence-electron chi connectivity index (χ0n) is 10.9. The van der Waals surface area contributed by atoms with E-state index >= 15 is 0 Å². The molecule has 0 fully saturated rings. The van der Waals surface area contributed by atoms with E-state index in [2.05, 4.69) is 13.8 Å². The van der Waals surface area contributed by atoms with Crippen molar-refractivity contribution in [2.24, 2.45) is 11.7 Å². The predicted molar refractivity (Wildman–Crippen MR) is 69.6 cm³/mol. The summed E-state index contributed by atoms with van der Waals surface area (Å²) in [4.78, 5) is 0. The van der Waals surface area contributed by atoms with Gasteiger partial charge in [0, 0.05) is 6.54 Å². The fourth-order valence-corrected chi connectivity index (χ4v) is 1.47. The van der Waals surface area contributed by atoms with Crippen LogP contribution in [0, 0.1) is 5.92 Å². The third kappa shape index (κ3) is 3.80. The molecule has 0 aliphatic heterocycles. The molecule has 0 saturated heterocycles. The van der Waals surface area contributed by atoms with Gasteiger partial charge in [0.05, 0.1) is 12.7 Å². The summed E-state index contributed by atoms with van der Waals surface area (Å²) >= 11 is 0. The topological polar surface area (TPSA) is 55.5 Å². The Labute approximate surface area is 104 Å². The van der Waals surface area contributed by atoms with Gasteiger partial charge in [-0.15, -0.1) is 0 Å². The van der Waals surface area contributed by atoms with Crippen molar-refractivity contribution in [3.05, 3.63) is 35.9 Å². The van der Waals surface area contributed by atoms with Crippen LogP contribution in [0.2, 0.25) is 0 Å². The molecule has 0 aliphatic rings. The highest BCUT2D eigenvalue weighted by molar-refractivity contribution is 5.22. The molecular weight excluding hydrogens is 214 g/mol. The number of aliphatic hydroxyl groups is 1. The molecule has 0 aromatic heterocycles. The van der Waals surface area contributed by atoms with E-state index in [-0.39, 0.29) is 19.3 Å². The van der Waals surface area contributed by atoms with Crippen molar-refractivity contribution < 1.29 is 9.84 Å². The molecule has 0 aliphatic carbocycles. The number of ether oxygens (including phenoxy) is 1. The molecule has 0 saturated carbocycles. The summed E-state index contributed by atoms with van der Waals surface area (Å²) in [5.41, 5.74) is 5.38. The highest BCUT2D eigenvalue weighted by atomic mass is 16.5. The lowest BCUT2D eigenvalue weighted by atomic mass is 9.95. The molecule has 0 radical (unpaired) electrons. The highest BCUT2D eigenvalue weighted by Crippen LogP contribution is 2.21. The number of hydrogen-bond acceptors (Lipinski definition) is 3. The van der Waals surface area contributed by atoms with Crippen LogP contribution in [0.1, 0.15) is 26.3 Å². The molecular formula is C14H23NO2. The Morgan fingerprint density at radius 3 is 2.29 bits per heavy atom. The molecule has 2 unspecified atom stereocenters. The first-order valence-corrected chi connectivity index (χ1v) is 6.09. The lowest BCUT2D eigenvalue weighted by Crippen LogP contribution is -2.41. The Hall–Kier alpha value is -0.900. The lowest BCUT2D eigenvalue weighted by Gasteiger charge is -2.29. The molecule has 96 valence electrons. The quantitative estimate of drug-likeness (QED) is 0.794. The molecule has 17 heavy (non-hydrogen) atoms. The number of nitrogens with two attached hydrogens (primary N) is 1. The van der Waals surface area contributed by atoms with E-state index in [4.69, 9.17) is 10.5 Å². The summed E-state index contributed by atoms with van der Waals surface area (Å²) in [6.45, 7) is 6.57. The van der Waals surface area contributed by atoms with Crippen molar-refractivity contribution in [3.8, 4) is 0 Å². The van der Waals surface area contributed by atoms with Gasteiger partial charge in [0.15, 0.2) is 0 Å². The molecule has 0 bridgehead atoms. The van der Waals surface area contributed by atoms with Gasteiger partial charge in [-0.05, 0) is 18.4 Å². The van der Waals surface area contributed by atoms with Crippen LogP contribution in [0.3, 0.4) is 0 Å². The summed E-state index contributed by atoms with van der Waals surface area (Å²) in [6.07, 6.45) is 0.108. The van der Waals surface area contributed by atoms with E-state index < -0.39 is 5.60 Å². The van der Waals surface area contributed by atoms with Crippen LogP contribution in [0.4, 0.5) is 0 Å². The lowest BCUT2D eigenvalue weighted by molar-refractivity contribution is -0.0780. The second kappa shape index (κ2) is 6.15. The predicted octanol–water partition coefficient (Wildman–Crippen LogP) is 1.89. The smallest absolute Gasteiger partial charge is 0.125 e. The van der Waals surface area contributed by atoms with Crippen LogP contribution < -0.4 is 5.73 Å². The van der Waals surface area contributed by atoms with Crippen molar-refractivity contribution >= 4 is 0 Å². The van der Waals surface area contributed by atoms with Gasteiger partial charge in [-0.25, -0.2) is 0 Å². The van der Waals surface area contributed by atoms with Crippen LogP contribution in [-0.2, 0) is 10.3 Å². The van der Waals surface area contributed by atoms with Crippen molar-refractivity contribution in [2.75, 3.05) is 13.2 Å². The van der Waals surface area contributed by atoms with E-state index in [1.165, 1.54) is 0 Å². The minimum absolute atomic E-state index is 0.108. The molecule has 1 aromatic carbocycles. The Kier molecular flexibility index (Phi) is 5.12. The maximum Gasteiger partial charge on any atom is 0.125 e. The number of hydrogen-bond donors (Lipinski definition) is 2. The van der Waals surface area contributed by atoms with E-state index in [1.807, 2.05) is 37.3 Å². The van der Waals surface area contributed by atoms with E-state index in [0.717, 1.165) is 5.56 Å². The third-order valence-electron chi connectivity index (χ3n) is 3.17. The van der Waals surface area contributed by atoms with Gasteiger partial charge in [0.25, 0.3) is 0 Å². The molecule has 1 rings (SSSR count). The fourth-order valence-electron chi connectivity index (χ4n) is 1.47. The van der Waals surface area contributed by atoms with Gasteiger partial charge >= 0.3 is 0 Å². The van der Waals surface area contributed by atoms with Crippen LogP contribution >= 0.6 is 0 Å². The molecule has 0 spiro atoms. The number of rotatable bonds is 6. The van der Waals surface area contributed by atoms with Crippen LogP contribution in [0.25, 0.3) is 0 Å². The molecule has 2 atom stereocenters.